The molecule has 0 atom stereocenters. The molecule has 0 aromatic heterocycles. The van der Waals surface area contributed by atoms with Crippen LogP contribution in [0.15, 0.2) is 46.9 Å². The summed E-state index contributed by atoms with van der Waals surface area (Å²) in [5.74, 6) is 0. The predicted molar refractivity (Wildman–Crippen MR) is 78.5 cm³/mol. The maximum atomic E-state index is 8.81. The van der Waals surface area contributed by atoms with Gasteiger partial charge in [-0.3, -0.25) is 0 Å². The third-order valence-electron chi connectivity index (χ3n) is 2.91. The fourth-order valence-corrected chi connectivity index (χ4v) is 2.05. The van der Waals surface area contributed by atoms with E-state index in [1.54, 1.807) is 0 Å². The van der Waals surface area contributed by atoms with E-state index in [0.29, 0.717) is 18.8 Å². The molecule has 0 aliphatic rings. The predicted octanol–water partition coefficient (Wildman–Crippen LogP) is 4.35. The third-order valence-corrected chi connectivity index (χ3v) is 3.44. The number of rotatable bonds is 4. The Labute approximate surface area is 121 Å². The molecule has 96 valence electrons. The zero-order chi connectivity index (χ0) is 13.7. The second-order valence-electron chi connectivity index (χ2n) is 4.37. The van der Waals surface area contributed by atoms with E-state index in [0.717, 1.165) is 21.2 Å². The van der Waals surface area contributed by atoms with Gasteiger partial charge < -0.3 is 4.74 Å². The second kappa shape index (κ2) is 6.51. The minimum atomic E-state index is 0.563. The monoisotopic (exact) mass is 315 g/mol. The molecule has 0 aliphatic carbocycles. The number of hydrogen-bond acceptors (Lipinski definition) is 2. The first-order chi connectivity index (χ1) is 9.19. The first-order valence-corrected chi connectivity index (χ1v) is 6.80. The van der Waals surface area contributed by atoms with E-state index < -0.39 is 0 Å². The molecule has 0 heterocycles. The summed E-state index contributed by atoms with van der Waals surface area (Å²) in [6.07, 6.45) is 0. The lowest BCUT2D eigenvalue weighted by Crippen LogP contribution is -1.96. The van der Waals surface area contributed by atoms with Crippen molar-refractivity contribution in [3.8, 4) is 6.07 Å². The molecule has 0 N–H and O–H groups in total. The van der Waals surface area contributed by atoms with Crippen LogP contribution in [0.1, 0.15) is 22.3 Å². The van der Waals surface area contributed by atoms with E-state index in [1.807, 2.05) is 49.4 Å². The molecule has 2 nitrogen and oxygen atoms in total. The summed E-state index contributed by atoms with van der Waals surface area (Å²) < 4.78 is 6.77. The van der Waals surface area contributed by atoms with Crippen molar-refractivity contribution in [3.05, 3.63) is 69.2 Å². The van der Waals surface area contributed by atoms with E-state index in [9.17, 15) is 0 Å². The van der Waals surface area contributed by atoms with Crippen molar-refractivity contribution in [3.63, 3.8) is 0 Å². The Kier molecular flexibility index (Phi) is 4.73. The Bertz CT molecular complexity index is 599. The number of nitrogens with zero attached hydrogens (tertiary/aromatic N) is 1. The number of benzene rings is 2. The Balaban J connectivity index is 1.92. The van der Waals surface area contributed by atoms with Crippen molar-refractivity contribution in [1.82, 2.24) is 0 Å². The molecule has 0 aliphatic heterocycles. The maximum absolute atomic E-state index is 8.81. The van der Waals surface area contributed by atoms with Crippen LogP contribution < -0.4 is 0 Å². The van der Waals surface area contributed by atoms with Crippen LogP contribution in [0.5, 0.6) is 0 Å². The van der Waals surface area contributed by atoms with E-state index in [4.69, 9.17) is 10.00 Å². The van der Waals surface area contributed by atoms with Gasteiger partial charge in [0.25, 0.3) is 0 Å². The van der Waals surface area contributed by atoms with E-state index >= 15 is 0 Å². The lowest BCUT2D eigenvalue weighted by atomic mass is 10.1. The standard InChI is InChI=1S/C16H14BrNO/c1-12-8-14(9-18)2-5-15(12)11-19-10-13-3-6-16(17)7-4-13/h2-8H,10-11H2,1H3. The fourth-order valence-electron chi connectivity index (χ4n) is 1.79. The number of halogens is 1. The van der Waals surface area contributed by atoms with E-state index in [2.05, 4.69) is 22.0 Å². The average molecular weight is 316 g/mol. The summed E-state index contributed by atoms with van der Waals surface area (Å²) in [4.78, 5) is 0. The highest BCUT2D eigenvalue weighted by Crippen LogP contribution is 2.14. The van der Waals surface area contributed by atoms with Crippen LogP contribution in [0.3, 0.4) is 0 Å². The highest BCUT2D eigenvalue weighted by Gasteiger charge is 2.01. The lowest BCUT2D eigenvalue weighted by Gasteiger charge is -2.08. The number of nitriles is 1. The molecule has 2 aromatic carbocycles. The molecular formula is C16H14BrNO. The smallest absolute Gasteiger partial charge is 0.0991 e. The van der Waals surface area contributed by atoms with Gasteiger partial charge in [0.2, 0.25) is 0 Å². The molecule has 0 saturated heterocycles. The minimum Gasteiger partial charge on any atom is -0.372 e. The van der Waals surface area contributed by atoms with Gasteiger partial charge in [-0.15, -0.1) is 0 Å². The molecule has 0 bridgehead atoms. The number of ether oxygens (including phenoxy) is 1. The molecule has 2 aromatic rings. The van der Waals surface area contributed by atoms with Gasteiger partial charge in [-0.2, -0.15) is 5.26 Å². The quantitative estimate of drug-likeness (QED) is 0.840. The average Bonchev–Trinajstić information content (AvgIpc) is 2.42. The summed E-state index contributed by atoms with van der Waals surface area (Å²) >= 11 is 3.41. The fraction of sp³-hybridized carbons (Fsp3) is 0.188. The van der Waals surface area contributed by atoms with E-state index in [1.165, 1.54) is 0 Å². The molecule has 0 saturated carbocycles. The van der Waals surface area contributed by atoms with Gasteiger partial charge >= 0.3 is 0 Å². The van der Waals surface area contributed by atoms with Gasteiger partial charge in [-0.05, 0) is 47.9 Å². The summed E-state index contributed by atoms with van der Waals surface area (Å²) in [6, 6.07) is 15.9. The molecule has 0 fully saturated rings. The molecular weight excluding hydrogens is 302 g/mol. The largest absolute Gasteiger partial charge is 0.372 e. The first-order valence-electron chi connectivity index (χ1n) is 6.01. The van der Waals surface area contributed by atoms with Crippen LogP contribution in [-0.4, -0.2) is 0 Å². The zero-order valence-electron chi connectivity index (χ0n) is 10.7. The SMILES string of the molecule is Cc1cc(C#N)ccc1COCc1ccc(Br)cc1. The summed E-state index contributed by atoms with van der Waals surface area (Å²) in [5.41, 5.74) is 4.05. The van der Waals surface area contributed by atoms with Crippen LogP contribution in [0.2, 0.25) is 0 Å². The van der Waals surface area contributed by atoms with Crippen LogP contribution in [0.25, 0.3) is 0 Å². The van der Waals surface area contributed by atoms with Gasteiger partial charge in [0, 0.05) is 4.47 Å². The van der Waals surface area contributed by atoms with Gasteiger partial charge in [-0.1, -0.05) is 34.1 Å². The van der Waals surface area contributed by atoms with Gasteiger partial charge in [0.1, 0.15) is 0 Å². The Morgan fingerprint density at radius 3 is 2.47 bits per heavy atom. The Morgan fingerprint density at radius 2 is 1.84 bits per heavy atom. The summed E-state index contributed by atoms with van der Waals surface area (Å²) in [5, 5.41) is 8.81. The van der Waals surface area contributed by atoms with E-state index in [-0.39, 0.29) is 0 Å². The highest BCUT2D eigenvalue weighted by atomic mass is 79.9. The van der Waals surface area contributed by atoms with Crippen molar-refractivity contribution in [2.75, 3.05) is 0 Å². The highest BCUT2D eigenvalue weighted by molar-refractivity contribution is 9.10. The van der Waals surface area contributed by atoms with Crippen molar-refractivity contribution in [2.24, 2.45) is 0 Å². The molecule has 2 rings (SSSR count). The lowest BCUT2D eigenvalue weighted by molar-refractivity contribution is 0.107. The van der Waals surface area contributed by atoms with Crippen LogP contribution in [-0.2, 0) is 18.0 Å². The Morgan fingerprint density at radius 1 is 1.11 bits per heavy atom. The number of hydrogen-bond donors (Lipinski definition) is 0. The molecule has 0 unspecified atom stereocenters. The summed E-state index contributed by atoms with van der Waals surface area (Å²) in [6.45, 7) is 3.15. The van der Waals surface area contributed by atoms with Crippen molar-refractivity contribution in [2.45, 2.75) is 20.1 Å². The van der Waals surface area contributed by atoms with Gasteiger partial charge in [-0.25, -0.2) is 0 Å². The molecule has 0 amide bonds. The van der Waals surface area contributed by atoms with Gasteiger partial charge in [0.15, 0.2) is 0 Å². The van der Waals surface area contributed by atoms with Crippen molar-refractivity contribution < 1.29 is 4.74 Å². The minimum absolute atomic E-state index is 0.563. The topological polar surface area (TPSA) is 33.0 Å². The third kappa shape index (κ3) is 3.92. The molecule has 0 radical (unpaired) electrons. The maximum Gasteiger partial charge on any atom is 0.0991 e. The summed E-state index contributed by atoms with van der Waals surface area (Å²) in [7, 11) is 0. The van der Waals surface area contributed by atoms with Crippen LogP contribution in [0, 0.1) is 18.3 Å². The Hall–Kier alpha value is -1.63. The van der Waals surface area contributed by atoms with Crippen LogP contribution >= 0.6 is 15.9 Å². The molecule has 19 heavy (non-hydrogen) atoms. The van der Waals surface area contributed by atoms with Crippen LogP contribution in [0.4, 0.5) is 0 Å². The molecule has 0 spiro atoms. The zero-order valence-corrected chi connectivity index (χ0v) is 12.3. The van der Waals surface area contributed by atoms with Crippen molar-refractivity contribution >= 4 is 15.9 Å². The second-order valence-corrected chi connectivity index (χ2v) is 5.29. The van der Waals surface area contributed by atoms with Gasteiger partial charge in [0.05, 0.1) is 24.8 Å². The normalized spacial score (nSPS) is 10.2. The molecule has 3 heteroatoms. The van der Waals surface area contributed by atoms with Crippen molar-refractivity contribution in [1.29, 1.82) is 5.26 Å². The number of aryl methyl sites for hydroxylation is 1. The first kappa shape index (κ1) is 13.8.